The summed E-state index contributed by atoms with van der Waals surface area (Å²) in [5, 5.41) is 23.0. The molecule has 390 valence electrons. The zero-order valence-electron chi connectivity index (χ0n) is 44.4. The zero-order valence-corrected chi connectivity index (χ0v) is 44.4. The van der Waals surface area contributed by atoms with Gasteiger partial charge in [0.2, 0.25) is 5.91 Å². The molecule has 0 aliphatic rings. The number of unbranched alkanes of at least 4 members (excludes halogenated alkanes) is 34. The third-order valence-corrected chi connectivity index (χ3v) is 13.0. The predicted octanol–water partition coefficient (Wildman–Crippen LogP) is 18.0. The van der Waals surface area contributed by atoms with Crippen LogP contribution in [0.3, 0.4) is 0 Å². The van der Waals surface area contributed by atoms with Crippen LogP contribution in [0.25, 0.3) is 0 Å². The number of amides is 1. The van der Waals surface area contributed by atoms with Gasteiger partial charge in [-0.1, -0.05) is 254 Å². The highest BCUT2D eigenvalue weighted by molar-refractivity contribution is 5.76. The Labute approximate surface area is 416 Å². The molecule has 0 heterocycles. The van der Waals surface area contributed by atoms with Crippen LogP contribution in [0, 0.1) is 0 Å². The van der Waals surface area contributed by atoms with Crippen LogP contribution < -0.4 is 5.32 Å². The fourth-order valence-corrected chi connectivity index (χ4v) is 8.56. The number of nitrogens with one attached hydrogen (secondary N) is 1. The molecule has 0 saturated carbocycles. The number of hydrogen-bond acceptors (Lipinski definition) is 5. The minimum absolute atomic E-state index is 0.0445. The quantitative estimate of drug-likeness (QED) is 0.0321. The summed E-state index contributed by atoms with van der Waals surface area (Å²) in [5.41, 5.74) is 0. The van der Waals surface area contributed by atoms with Crippen LogP contribution in [-0.4, -0.2) is 47.4 Å². The smallest absolute Gasteiger partial charge is 0.305 e. The molecule has 0 aromatic rings. The van der Waals surface area contributed by atoms with E-state index < -0.39 is 12.1 Å². The van der Waals surface area contributed by atoms with Crippen LogP contribution in [-0.2, 0) is 14.3 Å². The standard InChI is InChI=1S/C61H111NO5/c1-3-5-7-9-11-13-15-17-18-24-28-31-35-39-43-47-51-55-61(66)67-56-52-48-44-40-36-32-29-26-23-21-19-20-22-25-27-30-34-38-42-46-50-54-60(65)62-58(57-63)59(64)53-49-45-41-37-33-16-14-12-10-8-6-4-2/h11,13,17-18,32,36,44,48-49,53,58-59,63-64H,3-10,12,14-16,19-31,33-35,37-43,45-47,50-52,54-57H2,1-2H3,(H,62,65)/b13-11-,18-17-,36-32-,48-44-,53-49+. The second-order valence-electron chi connectivity index (χ2n) is 19.6. The Hall–Kier alpha value is -2.44. The molecule has 67 heavy (non-hydrogen) atoms. The largest absolute Gasteiger partial charge is 0.465 e. The molecule has 0 rings (SSSR count). The Morgan fingerprint density at radius 3 is 1.16 bits per heavy atom. The first-order valence-corrected chi connectivity index (χ1v) is 29.1. The summed E-state index contributed by atoms with van der Waals surface area (Å²) in [5.74, 6) is -0.119. The molecule has 0 saturated heterocycles. The van der Waals surface area contributed by atoms with Crippen molar-refractivity contribution >= 4 is 11.9 Å². The fraction of sp³-hybridized carbons (Fsp3) is 0.803. The van der Waals surface area contributed by atoms with Crippen LogP contribution in [0.15, 0.2) is 60.8 Å². The lowest BCUT2D eigenvalue weighted by molar-refractivity contribution is -0.143. The van der Waals surface area contributed by atoms with E-state index in [1.54, 1.807) is 6.08 Å². The van der Waals surface area contributed by atoms with Gasteiger partial charge in [0.05, 0.1) is 25.4 Å². The number of esters is 1. The second kappa shape index (κ2) is 56.2. The van der Waals surface area contributed by atoms with E-state index in [1.807, 2.05) is 6.08 Å². The number of carbonyl (C=O) groups is 2. The Kier molecular flexibility index (Phi) is 54.1. The van der Waals surface area contributed by atoms with Gasteiger partial charge in [-0.3, -0.25) is 9.59 Å². The summed E-state index contributed by atoms with van der Waals surface area (Å²) >= 11 is 0. The van der Waals surface area contributed by atoms with E-state index in [0.717, 1.165) is 57.8 Å². The zero-order chi connectivity index (χ0) is 48.6. The highest BCUT2D eigenvalue weighted by atomic mass is 16.5. The van der Waals surface area contributed by atoms with Gasteiger partial charge in [0, 0.05) is 12.8 Å². The molecule has 3 N–H and O–H groups in total. The van der Waals surface area contributed by atoms with Gasteiger partial charge in [-0.05, 0) is 83.5 Å². The van der Waals surface area contributed by atoms with Crippen LogP contribution in [0.2, 0.25) is 0 Å². The minimum Gasteiger partial charge on any atom is -0.465 e. The van der Waals surface area contributed by atoms with Crippen molar-refractivity contribution in [3.63, 3.8) is 0 Å². The average Bonchev–Trinajstić information content (AvgIpc) is 3.33. The van der Waals surface area contributed by atoms with E-state index >= 15 is 0 Å². The second-order valence-corrected chi connectivity index (χ2v) is 19.6. The highest BCUT2D eigenvalue weighted by Gasteiger charge is 2.18. The third kappa shape index (κ3) is 52.8. The normalized spacial score (nSPS) is 13.1. The number of hydrogen-bond donors (Lipinski definition) is 3. The summed E-state index contributed by atoms with van der Waals surface area (Å²) in [7, 11) is 0. The van der Waals surface area contributed by atoms with Gasteiger partial charge in [0.15, 0.2) is 0 Å². The van der Waals surface area contributed by atoms with Crippen molar-refractivity contribution in [2.24, 2.45) is 0 Å². The van der Waals surface area contributed by atoms with Gasteiger partial charge >= 0.3 is 5.97 Å². The summed E-state index contributed by atoms with van der Waals surface area (Å²) in [6, 6.07) is -0.632. The van der Waals surface area contributed by atoms with Crippen LogP contribution in [0.1, 0.15) is 290 Å². The monoisotopic (exact) mass is 938 g/mol. The lowest BCUT2D eigenvalue weighted by Crippen LogP contribution is -2.45. The van der Waals surface area contributed by atoms with Crippen LogP contribution >= 0.6 is 0 Å². The molecule has 0 aliphatic carbocycles. The number of rotatable bonds is 53. The topological polar surface area (TPSA) is 95.9 Å². The van der Waals surface area contributed by atoms with E-state index in [1.165, 1.54) is 205 Å². The lowest BCUT2D eigenvalue weighted by atomic mass is 10.0. The molecule has 0 aromatic carbocycles. The molecule has 1 amide bonds. The van der Waals surface area contributed by atoms with E-state index in [9.17, 15) is 19.8 Å². The van der Waals surface area contributed by atoms with Crippen LogP contribution in [0.5, 0.6) is 0 Å². The van der Waals surface area contributed by atoms with Crippen molar-refractivity contribution in [3.05, 3.63) is 60.8 Å². The molecule has 6 heteroatoms. The first-order chi connectivity index (χ1) is 33.0. The first-order valence-electron chi connectivity index (χ1n) is 29.1. The first kappa shape index (κ1) is 64.6. The molecule has 0 aromatic heterocycles. The Bertz CT molecular complexity index is 1170. The Morgan fingerprint density at radius 2 is 0.746 bits per heavy atom. The number of aliphatic hydroxyl groups is 2. The molecule has 0 fully saturated rings. The van der Waals surface area contributed by atoms with Gasteiger partial charge in [-0.15, -0.1) is 0 Å². The lowest BCUT2D eigenvalue weighted by Gasteiger charge is -2.20. The van der Waals surface area contributed by atoms with E-state index in [-0.39, 0.29) is 18.5 Å². The van der Waals surface area contributed by atoms with Crippen molar-refractivity contribution in [2.45, 2.75) is 302 Å². The summed E-state index contributed by atoms with van der Waals surface area (Å²) in [6.07, 6.45) is 72.6. The Morgan fingerprint density at radius 1 is 0.418 bits per heavy atom. The number of ether oxygens (including phenoxy) is 1. The van der Waals surface area contributed by atoms with Gasteiger partial charge in [-0.25, -0.2) is 0 Å². The van der Waals surface area contributed by atoms with Crippen molar-refractivity contribution in [2.75, 3.05) is 13.2 Å². The van der Waals surface area contributed by atoms with Crippen molar-refractivity contribution in [1.29, 1.82) is 0 Å². The van der Waals surface area contributed by atoms with Crippen molar-refractivity contribution in [3.8, 4) is 0 Å². The molecular formula is C61H111NO5. The predicted molar refractivity (Wildman–Crippen MR) is 292 cm³/mol. The van der Waals surface area contributed by atoms with E-state index in [0.29, 0.717) is 19.4 Å². The Balaban J connectivity index is 3.48. The SMILES string of the molecule is CCCCC/C=C\C/C=C\CCCCCCCCCC(=O)OCC/C=C\C/C=C\CCCCCCCCCCCCCCCCC(=O)NC(CO)C(O)/C=C/CCCCCCCCCCCC. The van der Waals surface area contributed by atoms with Crippen molar-refractivity contribution in [1.82, 2.24) is 5.32 Å². The molecule has 2 atom stereocenters. The summed E-state index contributed by atoms with van der Waals surface area (Å²) in [6.45, 7) is 4.75. The average molecular weight is 939 g/mol. The molecular weight excluding hydrogens is 827 g/mol. The van der Waals surface area contributed by atoms with Gasteiger partial charge < -0.3 is 20.3 Å². The third-order valence-electron chi connectivity index (χ3n) is 13.0. The fourth-order valence-electron chi connectivity index (χ4n) is 8.56. The molecule has 0 spiro atoms. The van der Waals surface area contributed by atoms with Crippen LogP contribution in [0.4, 0.5) is 0 Å². The molecule has 6 nitrogen and oxygen atoms in total. The van der Waals surface area contributed by atoms with Gasteiger partial charge in [0.1, 0.15) is 0 Å². The maximum atomic E-state index is 12.4. The molecule has 0 radical (unpaired) electrons. The van der Waals surface area contributed by atoms with Gasteiger partial charge in [0.25, 0.3) is 0 Å². The van der Waals surface area contributed by atoms with Gasteiger partial charge in [-0.2, -0.15) is 0 Å². The maximum absolute atomic E-state index is 12.4. The molecule has 0 aliphatic heterocycles. The number of carbonyl (C=O) groups excluding carboxylic acids is 2. The van der Waals surface area contributed by atoms with Crippen molar-refractivity contribution < 1.29 is 24.5 Å². The summed E-state index contributed by atoms with van der Waals surface area (Å²) < 4.78 is 5.42. The molecule has 0 bridgehead atoms. The number of aliphatic hydroxyl groups excluding tert-OH is 2. The van der Waals surface area contributed by atoms with E-state index in [2.05, 4.69) is 67.8 Å². The highest BCUT2D eigenvalue weighted by Crippen LogP contribution is 2.16. The maximum Gasteiger partial charge on any atom is 0.305 e. The number of allylic oxidation sites excluding steroid dienone is 8. The van der Waals surface area contributed by atoms with E-state index in [4.69, 9.17) is 4.74 Å². The molecule has 2 unspecified atom stereocenters. The summed E-state index contributed by atoms with van der Waals surface area (Å²) in [4.78, 5) is 24.5. The minimum atomic E-state index is -0.848.